The van der Waals surface area contributed by atoms with Gasteiger partial charge in [0.2, 0.25) is 0 Å². The van der Waals surface area contributed by atoms with Crippen LogP contribution in [0.5, 0.6) is 0 Å². The first-order chi connectivity index (χ1) is 8.99. The number of halogens is 2. The molecule has 0 aliphatic rings. The van der Waals surface area contributed by atoms with Gasteiger partial charge in [0.25, 0.3) is 0 Å². The molecule has 0 saturated heterocycles. The third kappa shape index (κ3) is 3.25. The van der Waals surface area contributed by atoms with Crippen molar-refractivity contribution < 1.29 is 13.6 Å². The maximum absolute atomic E-state index is 14.5. The topological polar surface area (TPSA) is 17.1 Å². The molecule has 0 bridgehead atoms. The van der Waals surface area contributed by atoms with Crippen molar-refractivity contribution in [2.45, 2.75) is 19.0 Å². The van der Waals surface area contributed by atoms with Gasteiger partial charge in [-0.25, -0.2) is 8.78 Å². The highest BCUT2D eigenvalue weighted by molar-refractivity contribution is 5.96. The van der Waals surface area contributed by atoms with Crippen LogP contribution >= 0.6 is 0 Å². The standard InChI is InChI=1S/C16H14F2O/c1-16(18,13-7-9-14(17)10-8-13)11-15(19)12-5-3-2-4-6-12/h2-10H,11H2,1H3. The Morgan fingerprint density at radius 1 is 1.05 bits per heavy atom. The third-order valence-corrected chi connectivity index (χ3v) is 3.03. The van der Waals surface area contributed by atoms with E-state index in [1.807, 2.05) is 0 Å². The second kappa shape index (κ2) is 5.31. The molecule has 1 unspecified atom stereocenters. The summed E-state index contributed by atoms with van der Waals surface area (Å²) in [6, 6.07) is 13.7. The van der Waals surface area contributed by atoms with Gasteiger partial charge < -0.3 is 0 Å². The van der Waals surface area contributed by atoms with Crippen LogP contribution < -0.4 is 0 Å². The van der Waals surface area contributed by atoms with Crippen molar-refractivity contribution in [1.29, 1.82) is 0 Å². The fourth-order valence-electron chi connectivity index (χ4n) is 1.93. The largest absolute Gasteiger partial charge is 0.294 e. The number of benzene rings is 2. The van der Waals surface area contributed by atoms with Crippen molar-refractivity contribution in [3.8, 4) is 0 Å². The molecule has 0 amide bonds. The minimum Gasteiger partial charge on any atom is -0.294 e. The van der Waals surface area contributed by atoms with Crippen LogP contribution in [0.2, 0.25) is 0 Å². The molecule has 0 fully saturated rings. The lowest BCUT2D eigenvalue weighted by Gasteiger charge is -2.20. The molecule has 0 radical (unpaired) electrons. The molecule has 19 heavy (non-hydrogen) atoms. The van der Waals surface area contributed by atoms with Gasteiger partial charge in [-0.2, -0.15) is 0 Å². The van der Waals surface area contributed by atoms with Crippen molar-refractivity contribution >= 4 is 5.78 Å². The van der Waals surface area contributed by atoms with Crippen LogP contribution in [0.4, 0.5) is 8.78 Å². The summed E-state index contributed by atoms with van der Waals surface area (Å²) >= 11 is 0. The van der Waals surface area contributed by atoms with E-state index in [9.17, 15) is 13.6 Å². The van der Waals surface area contributed by atoms with Crippen molar-refractivity contribution in [3.05, 3.63) is 71.5 Å². The van der Waals surface area contributed by atoms with E-state index in [1.54, 1.807) is 30.3 Å². The second-order valence-electron chi connectivity index (χ2n) is 4.67. The number of carbonyl (C=O) groups excluding carboxylic acids is 1. The molecule has 1 atom stereocenters. The molecule has 2 aromatic carbocycles. The maximum atomic E-state index is 14.5. The minimum atomic E-state index is -1.80. The molecule has 0 saturated carbocycles. The van der Waals surface area contributed by atoms with Crippen LogP contribution in [0.25, 0.3) is 0 Å². The zero-order chi connectivity index (χ0) is 13.9. The molecule has 3 heteroatoms. The van der Waals surface area contributed by atoms with E-state index in [0.29, 0.717) is 11.1 Å². The van der Waals surface area contributed by atoms with Gasteiger partial charge in [-0.3, -0.25) is 4.79 Å². The highest BCUT2D eigenvalue weighted by Crippen LogP contribution is 2.30. The minimum absolute atomic E-state index is 0.261. The molecule has 0 N–H and O–H groups in total. The van der Waals surface area contributed by atoms with Crippen LogP contribution in [0.3, 0.4) is 0 Å². The zero-order valence-electron chi connectivity index (χ0n) is 10.6. The van der Waals surface area contributed by atoms with E-state index in [-0.39, 0.29) is 12.2 Å². The number of carbonyl (C=O) groups is 1. The van der Waals surface area contributed by atoms with Crippen LogP contribution in [-0.2, 0) is 5.67 Å². The van der Waals surface area contributed by atoms with Crippen LogP contribution in [-0.4, -0.2) is 5.78 Å². The number of hydrogen-bond donors (Lipinski definition) is 0. The average molecular weight is 260 g/mol. The molecule has 0 spiro atoms. The first-order valence-electron chi connectivity index (χ1n) is 6.02. The Morgan fingerprint density at radius 2 is 1.63 bits per heavy atom. The lowest BCUT2D eigenvalue weighted by atomic mass is 9.90. The normalized spacial score (nSPS) is 13.8. The van der Waals surface area contributed by atoms with E-state index < -0.39 is 11.5 Å². The highest BCUT2D eigenvalue weighted by atomic mass is 19.1. The summed E-state index contributed by atoms with van der Waals surface area (Å²) in [6.07, 6.45) is -0.261. The lowest BCUT2D eigenvalue weighted by Crippen LogP contribution is -2.20. The summed E-state index contributed by atoms with van der Waals surface area (Å²) in [7, 11) is 0. The van der Waals surface area contributed by atoms with Crippen molar-refractivity contribution in [2.75, 3.05) is 0 Å². The molecule has 98 valence electrons. The molecular weight excluding hydrogens is 246 g/mol. The Kier molecular flexibility index (Phi) is 3.74. The quantitative estimate of drug-likeness (QED) is 0.750. The average Bonchev–Trinajstić information content (AvgIpc) is 2.40. The summed E-state index contributed by atoms with van der Waals surface area (Å²) in [6.45, 7) is 1.33. The Labute approximate surface area is 110 Å². The molecule has 1 nitrogen and oxygen atoms in total. The van der Waals surface area contributed by atoms with Gasteiger partial charge in [-0.15, -0.1) is 0 Å². The fourth-order valence-corrected chi connectivity index (χ4v) is 1.93. The molecular formula is C16H14F2O. The Bertz CT molecular complexity index is 559. The molecule has 2 rings (SSSR count). The SMILES string of the molecule is CC(F)(CC(=O)c1ccccc1)c1ccc(F)cc1. The van der Waals surface area contributed by atoms with E-state index >= 15 is 0 Å². The Balaban J connectivity index is 2.17. The van der Waals surface area contributed by atoms with Crippen LogP contribution in [0.1, 0.15) is 29.3 Å². The third-order valence-electron chi connectivity index (χ3n) is 3.03. The Hall–Kier alpha value is -2.03. The van der Waals surface area contributed by atoms with Gasteiger partial charge in [0.1, 0.15) is 11.5 Å². The predicted octanol–water partition coefficient (Wildman–Crippen LogP) is 4.28. The smallest absolute Gasteiger partial charge is 0.166 e. The number of rotatable bonds is 4. The first kappa shape index (κ1) is 13.4. The zero-order valence-corrected chi connectivity index (χ0v) is 10.6. The molecule has 2 aromatic rings. The maximum Gasteiger partial charge on any atom is 0.166 e. The van der Waals surface area contributed by atoms with Gasteiger partial charge in [0.05, 0.1) is 0 Å². The van der Waals surface area contributed by atoms with Gasteiger partial charge in [-0.05, 0) is 24.6 Å². The van der Waals surface area contributed by atoms with Crippen LogP contribution in [0, 0.1) is 5.82 Å². The van der Waals surface area contributed by atoms with Crippen molar-refractivity contribution in [3.63, 3.8) is 0 Å². The number of ketones is 1. The van der Waals surface area contributed by atoms with E-state index in [4.69, 9.17) is 0 Å². The van der Waals surface area contributed by atoms with E-state index in [0.717, 1.165) is 0 Å². The molecule has 0 aliphatic carbocycles. The van der Waals surface area contributed by atoms with Crippen molar-refractivity contribution in [2.24, 2.45) is 0 Å². The predicted molar refractivity (Wildman–Crippen MR) is 70.2 cm³/mol. The van der Waals surface area contributed by atoms with Gasteiger partial charge in [0, 0.05) is 12.0 Å². The second-order valence-corrected chi connectivity index (χ2v) is 4.67. The van der Waals surface area contributed by atoms with Crippen molar-refractivity contribution in [1.82, 2.24) is 0 Å². The summed E-state index contributed by atoms with van der Waals surface area (Å²) in [5.74, 6) is -0.691. The molecule has 0 heterocycles. The van der Waals surface area contributed by atoms with Gasteiger partial charge in [0.15, 0.2) is 5.78 Å². The van der Waals surface area contributed by atoms with E-state index in [2.05, 4.69) is 0 Å². The monoisotopic (exact) mass is 260 g/mol. The number of alkyl halides is 1. The van der Waals surface area contributed by atoms with Gasteiger partial charge >= 0.3 is 0 Å². The molecule has 0 aromatic heterocycles. The van der Waals surface area contributed by atoms with Gasteiger partial charge in [-0.1, -0.05) is 42.5 Å². The summed E-state index contributed by atoms with van der Waals surface area (Å²) in [5.41, 5.74) is -1.02. The van der Waals surface area contributed by atoms with E-state index in [1.165, 1.54) is 31.2 Å². The number of hydrogen-bond acceptors (Lipinski definition) is 1. The lowest BCUT2D eigenvalue weighted by molar-refractivity contribution is 0.0865. The number of Topliss-reactive ketones (excluding diaryl/α,β-unsaturated/α-hetero) is 1. The van der Waals surface area contributed by atoms with Crippen LogP contribution in [0.15, 0.2) is 54.6 Å². The highest BCUT2D eigenvalue weighted by Gasteiger charge is 2.29. The Morgan fingerprint density at radius 3 is 2.21 bits per heavy atom. The fraction of sp³-hybridized carbons (Fsp3) is 0.188. The first-order valence-corrected chi connectivity index (χ1v) is 6.02. The summed E-state index contributed by atoms with van der Waals surface area (Å²) in [4.78, 5) is 12.0. The summed E-state index contributed by atoms with van der Waals surface area (Å²) in [5, 5.41) is 0. The molecule has 0 aliphatic heterocycles. The summed E-state index contributed by atoms with van der Waals surface area (Å²) < 4.78 is 27.4.